The van der Waals surface area contributed by atoms with Gasteiger partial charge in [0.2, 0.25) is 0 Å². The Labute approximate surface area is 123 Å². The molecule has 1 heterocycles. The summed E-state index contributed by atoms with van der Waals surface area (Å²) in [4.78, 5) is 13.2. The zero-order valence-electron chi connectivity index (χ0n) is 10.0. The fourth-order valence-corrected chi connectivity index (χ4v) is 3.97. The largest absolute Gasteiger partial charge is 0.321 e. The SMILES string of the molecule is CC1=CN(c2cccc(Cl)c2)C(Cl)S1=NC(=O)CF. The number of allylic oxidation sites excluding steroid dienone is 1. The number of benzene rings is 1. The summed E-state index contributed by atoms with van der Waals surface area (Å²) in [6.07, 6.45) is 1.81. The Bertz CT molecular complexity index is 577. The van der Waals surface area contributed by atoms with Crippen LogP contribution in [0.3, 0.4) is 0 Å². The van der Waals surface area contributed by atoms with E-state index in [9.17, 15) is 9.18 Å². The molecule has 0 N–H and O–H groups in total. The molecule has 1 amide bonds. The Balaban J connectivity index is 2.33. The fourth-order valence-electron chi connectivity index (χ4n) is 1.65. The molecule has 1 aromatic carbocycles. The van der Waals surface area contributed by atoms with Crippen molar-refractivity contribution in [3.05, 3.63) is 40.4 Å². The summed E-state index contributed by atoms with van der Waals surface area (Å²) < 4.78 is 16.0. The van der Waals surface area contributed by atoms with Gasteiger partial charge >= 0.3 is 0 Å². The summed E-state index contributed by atoms with van der Waals surface area (Å²) in [6.45, 7) is 0.718. The predicted octanol–water partition coefficient (Wildman–Crippen LogP) is 3.84. The maximum Gasteiger partial charge on any atom is 0.283 e. The van der Waals surface area contributed by atoms with E-state index in [1.54, 1.807) is 23.2 Å². The van der Waals surface area contributed by atoms with E-state index in [4.69, 9.17) is 23.2 Å². The lowest BCUT2D eigenvalue weighted by Crippen LogP contribution is -2.24. The normalized spacial score (nSPS) is 22.7. The third kappa shape index (κ3) is 3.16. The lowest BCUT2D eigenvalue weighted by Gasteiger charge is -2.20. The molecule has 0 bridgehead atoms. The number of anilines is 1. The van der Waals surface area contributed by atoms with E-state index in [-0.39, 0.29) is 0 Å². The maximum atomic E-state index is 12.2. The number of amides is 1. The third-order valence-corrected chi connectivity index (χ3v) is 5.19. The first-order chi connectivity index (χ1) is 9.02. The van der Waals surface area contributed by atoms with Gasteiger partial charge in [0.1, 0.15) is 0 Å². The van der Waals surface area contributed by atoms with Crippen molar-refractivity contribution < 1.29 is 9.18 Å². The molecule has 0 saturated carbocycles. The van der Waals surface area contributed by atoms with Crippen molar-refractivity contribution in [2.75, 3.05) is 11.6 Å². The molecule has 1 aromatic rings. The summed E-state index contributed by atoms with van der Waals surface area (Å²) in [7, 11) is -0.839. The van der Waals surface area contributed by atoms with Crippen molar-refractivity contribution in [3.8, 4) is 0 Å². The van der Waals surface area contributed by atoms with Crippen LogP contribution in [0.15, 0.2) is 39.7 Å². The van der Waals surface area contributed by atoms with E-state index in [0.717, 1.165) is 10.6 Å². The molecule has 1 aliphatic rings. The minimum absolute atomic E-state index is 0.533. The summed E-state index contributed by atoms with van der Waals surface area (Å²) >= 11 is 12.2. The summed E-state index contributed by atoms with van der Waals surface area (Å²) in [5.41, 5.74) is 0.810. The molecule has 0 aliphatic carbocycles. The first-order valence-corrected chi connectivity index (χ1v) is 7.49. The Morgan fingerprint density at radius 3 is 2.95 bits per heavy atom. The highest BCUT2D eigenvalue weighted by Gasteiger charge is 2.28. The molecule has 3 nitrogen and oxygen atoms in total. The van der Waals surface area contributed by atoms with Gasteiger partial charge in [-0.05, 0) is 35.8 Å². The summed E-state index contributed by atoms with van der Waals surface area (Å²) in [5, 5.41) is 0.593. The monoisotopic (exact) mass is 320 g/mol. The zero-order chi connectivity index (χ0) is 14.0. The lowest BCUT2D eigenvalue weighted by molar-refractivity contribution is -0.118. The molecule has 0 spiro atoms. The first-order valence-electron chi connectivity index (χ1n) is 5.43. The van der Waals surface area contributed by atoms with Crippen LogP contribution in [0.2, 0.25) is 5.02 Å². The van der Waals surface area contributed by atoms with Crippen molar-refractivity contribution in [2.45, 2.75) is 11.8 Å². The minimum atomic E-state index is -1.10. The third-order valence-electron chi connectivity index (χ3n) is 2.47. The number of halogens is 3. The van der Waals surface area contributed by atoms with Gasteiger partial charge in [-0.3, -0.25) is 4.79 Å². The highest BCUT2D eigenvalue weighted by Crippen LogP contribution is 2.33. The van der Waals surface area contributed by atoms with Crippen molar-refractivity contribution >= 4 is 45.5 Å². The number of nitrogens with zero attached hydrogens (tertiary/aromatic N) is 2. The van der Waals surface area contributed by atoms with Gasteiger partial charge in [-0.25, -0.2) is 4.39 Å². The van der Waals surface area contributed by atoms with Crippen LogP contribution >= 0.6 is 23.2 Å². The Hall–Kier alpha value is -0.910. The maximum absolute atomic E-state index is 12.2. The molecule has 1 aliphatic heterocycles. The van der Waals surface area contributed by atoms with Gasteiger partial charge in [-0.1, -0.05) is 29.3 Å². The molecule has 0 fully saturated rings. The van der Waals surface area contributed by atoms with Crippen molar-refractivity contribution in [1.29, 1.82) is 0 Å². The van der Waals surface area contributed by atoms with Crippen LogP contribution in [0, 0.1) is 0 Å². The Kier molecular flexibility index (Phi) is 4.60. The fraction of sp³-hybridized carbons (Fsp3) is 0.250. The molecule has 19 heavy (non-hydrogen) atoms. The molecular formula is C12H11Cl2FN2OS. The Morgan fingerprint density at radius 1 is 1.58 bits per heavy atom. The average Bonchev–Trinajstić information content (AvgIpc) is 2.66. The van der Waals surface area contributed by atoms with Crippen LogP contribution < -0.4 is 4.90 Å². The van der Waals surface area contributed by atoms with Gasteiger partial charge in [0.25, 0.3) is 5.91 Å². The zero-order valence-corrected chi connectivity index (χ0v) is 12.3. The average molecular weight is 321 g/mol. The molecular weight excluding hydrogens is 310 g/mol. The number of rotatable bonds is 2. The number of carbonyl (C=O) groups is 1. The van der Waals surface area contributed by atoms with Gasteiger partial charge in [0, 0.05) is 21.8 Å². The first kappa shape index (κ1) is 14.5. The number of alkyl halides is 2. The summed E-state index contributed by atoms with van der Waals surface area (Å²) in [6, 6.07) is 7.20. The van der Waals surface area contributed by atoms with Gasteiger partial charge in [0.05, 0.1) is 0 Å². The topological polar surface area (TPSA) is 32.7 Å². The summed E-state index contributed by atoms with van der Waals surface area (Å²) in [5.74, 6) is -0.783. The number of carbonyl (C=O) groups excluding carboxylic acids is 1. The van der Waals surface area contributed by atoms with E-state index >= 15 is 0 Å². The molecule has 0 saturated heterocycles. The van der Waals surface area contributed by atoms with Crippen molar-refractivity contribution in [3.63, 3.8) is 0 Å². The van der Waals surface area contributed by atoms with Gasteiger partial charge in [-0.15, -0.1) is 0 Å². The lowest BCUT2D eigenvalue weighted by atomic mass is 10.3. The Morgan fingerprint density at radius 2 is 2.32 bits per heavy atom. The second-order valence-electron chi connectivity index (χ2n) is 3.85. The highest BCUT2D eigenvalue weighted by atomic mass is 35.5. The minimum Gasteiger partial charge on any atom is -0.321 e. The standard InChI is InChI=1S/C12H11Cl2FN2OS/c1-8-7-17(10-4-2-3-9(13)5-10)12(14)19(8)16-11(18)6-15/h2-5,7,12H,6H2,1H3. The predicted molar refractivity (Wildman–Crippen MR) is 78.1 cm³/mol. The van der Waals surface area contributed by atoms with Crippen LogP contribution in [0.5, 0.6) is 0 Å². The second kappa shape index (κ2) is 6.03. The van der Waals surface area contributed by atoms with Crippen LogP contribution in [-0.4, -0.2) is 17.4 Å². The van der Waals surface area contributed by atoms with Gasteiger partial charge in [-0.2, -0.15) is 4.36 Å². The highest BCUT2D eigenvalue weighted by molar-refractivity contribution is 7.93. The molecule has 7 heteroatoms. The van der Waals surface area contributed by atoms with Crippen LogP contribution in [0.25, 0.3) is 0 Å². The number of hydrogen-bond donors (Lipinski definition) is 0. The van der Waals surface area contributed by atoms with Crippen molar-refractivity contribution in [1.82, 2.24) is 0 Å². The number of hydrogen-bond acceptors (Lipinski definition) is 2. The molecule has 2 atom stereocenters. The quantitative estimate of drug-likeness (QED) is 0.612. The van der Waals surface area contributed by atoms with Crippen molar-refractivity contribution in [2.24, 2.45) is 4.36 Å². The van der Waals surface area contributed by atoms with Crippen LogP contribution in [0.4, 0.5) is 10.1 Å². The molecule has 2 rings (SSSR count). The van der Waals surface area contributed by atoms with E-state index in [0.29, 0.717) is 5.02 Å². The van der Waals surface area contributed by atoms with E-state index in [2.05, 4.69) is 4.36 Å². The molecule has 2 unspecified atom stereocenters. The van der Waals surface area contributed by atoms with E-state index in [1.807, 2.05) is 19.1 Å². The molecule has 0 aromatic heterocycles. The van der Waals surface area contributed by atoms with Crippen LogP contribution in [-0.2, 0) is 15.5 Å². The smallest absolute Gasteiger partial charge is 0.283 e. The van der Waals surface area contributed by atoms with Gasteiger partial charge in [0.15, 0.2) is 11.5 Å². The second-order valence-corrected chi connectivity index (χ2v) is 6.86. The molecule has 102 valence electrons. The van der Waals surface area contributed by atoms with E-state index < -0.39 is 28.1 Å². The van der Waals surface area contributed by atoms with E-state index in [1.165, 1.54) is 0 Å². The van der Waals surface area contributed by atoms with Gasteiger partial charge < -0.3 is 4.90 Å². The molecule has 0 radical (unpaired) electrons. The van der Waals surface area contributed by atoms with Crippen LogP contribution in [0.1, 0.15) is 6.92 Å².